The van der Waals surface area contributed by atoms with Crippen molar-refractivity contribution < 1.29 is 4.79 Å². The van der Waals surface area contributed by atoms with Gasteiger partial charge in [-0.25, -0.2) is 4.79 Å². The zero-order valence-corrected chi connectivity index (χ0v) is 11.9. The minimum absolute atomic E-state index is 0.0225. The van der Waals surface area contributed by atoms with Crippen molar-refractivity contribution >= 4 is 22.5 Å². The molecule has 106 valence electrons. The van der Waals surface area contributed by atoms with Gasteiger partial charge in [0.05, 0.1) is 6.54 Å². The number of urea groups is 1. The number of nitrogens with one attached hydrogen (secondary N) is 2. The molecule has 2 aromatic rings. The van der Waals surface area contributed by atoms with Gasteiger partial charge >= 0.3 is 6.03 Å². The summed E-state index contributed by atoms with van der Waals surface area (Å²) in [6.07, 6.45) is 5.94. The van der Waals surface area contributed by atoms with Crippen LogP contribution in [0.15, 0.2) is 18.5 Å². The molecule has 0 radical (unpaired) electrons. The van der Waals surface area contributed by atoms with Gasteiger partial charge in [-0.2, -0.15) is 5.10 Å². The second-order valence-corrected chi connectivity index (χ2v) is 5.96. The van der Waals surface area contributed by atoms with Crippen molar-refractivity contribution in [3.05, 3.63) is 23.5 Å². The van der Waals surface area contributed by atoms with E-state index in [1.54, 1.807) is 10.9 Å². The Hall–Kier alpha value is -1.96. The number of anilines is 1. The van der Waals surface area contributed by atoms with Crippen LogP contribution in [-0.4, -0.2) is 32.1 Å². The third-order valence-corrected chi connectivity index (χ3v) is 3.99. The van der Waals surface area contributed by atoms with E-state index >= 15 is 0 Å². The lowest BCUT2D eigenvalue weighted by molar-refractivity contribution is 0.247. The summed E-state index contributed by atoms with van der Waals surface area (Å²) in [6.45, 7) is 2.56. The van der Waals surface area contributed by atoms with E-state index in [4.69, 9.17) is 0 Å². The molecular formula is C12H16N6OS. The van der Waals surface area contributed by atoms with Crippen LogP contribution in [0.1, 0.15) is 30.7 Å². The van der Waals surface area contributed by atoms with Crippen LogP contribution in [0.5, 0.6) is 0 Å². The van der Waals surface area contributed by atoms with Crippen LogP contribution in [0.25, 0.3) is 0 Å². The second kappa shape index (κ2) is 5.58. The molecule has 2 heterocycles. The quantitative estimate of drug-likeness (QED) is 0.880. The maximum atomic E-state index is 11.8. The Morgan fingerprint density at radius 3 is 3.10 bits per heavy atom. The molecule has 7 nitrogen and oxygen atoms in total. The highest BCUT2D eigenvalue weighted by atomic mass is 32.1. The molecule has 1 aliphatic rings. The Morgan fingerprint density at radius 1 is 1.55 bits per heavy atom. The van der Waals surface area contributed by atoms with E-state index in [0.717, 1.165) is 5.01 Å². The molecule has 0 aromatic carbocycles. The Kier molecular flexibility index (Phi) is 3.64. The van der Waals surface area contributed by atoms with Gasteiger partial charge in [0.25, 0.3) is 0 Å². The second-order valence-electron chi connectivity index (χ2n) is 4.95. The van der Waals surface area contributed by atoms with Crippen LogP contribution < -0.4 is 10.6 Å². The monoisotopic (exact) mass is 292 g/mol. The molecule has 1 fully saturated rings. The molecule has 0 aliphatic heterocycles. The van der Waals surface area contributed by atoms with Gasteiger partial charge in [0.2, 0.25) is 5.13 Å². The van der Waals surface area contributed by atoms with Gasteiger partial charge in [0.15, 0.2) is 0 Å². The van der Waals surface area contributed by atoms with E-state index in [2.05, 4.69) is 25.9 Å². The van der Waals surface area contributed by atoms with Gasteiger partial charge in [-0.1, -0.05) is 11.3 Å². The summed E-state index contributed by atoms with van der Waals surface area (Å²) in [5.41, 5.74) is 0. The molecule has 1 aliphatic carbocycles. The molecule has 0 spiro atoms. The average molecular weight is 292 g/mol. The lowest BCUT2D eigenvalue weighted by atomic mass is 10.3. The van der Waals surface area contributed by atoms with E-state index in [-0.39, 0.29) is 12.1 Å². The lowest BCUT2D eigenvalue weighted by Gasteiger charge is -2.13. The first kappa shape index (κ1) is 13.0. The molecule has 8 heteroatoms. The standard InChI is InChI=1S/C12H16N6OS/c1-8(7-18-6-2-5-13-18)14-11(19)15-12-17-16-10(20-12)9-3-4-9/h2,5-6,8-9H,3-4,7H2,1H3,(H2,14,15,17,19). The predicted octanol–water partition coefficient (Wildman–Crippen LogP) is 1.82. The lowest BCUT2D eigenvalue weighted by Crippen LogP contribution is -2.38. The van der Waals surface area contributed by atoms with Gasteiger partial charge in [-0.3, -0.25) is 10.00 Å². The van der Waals surface area contributed by atoms with Crippen molar-refractivity contribution in [2.45, 2.75) is 38.3 Å². The highest BCUT2D eigenvalue weighted by Gasteiger charge is 2.27. The number of nitrogens with zero attached hydrogens (tertiary/aromatic N) is 4. The molecule has 2 amide bonds. The molecule has 1 atom stereocenters. The summed E-state index contributed by atoms with van der Waals surface area (Å²) >= 11 is 1.45. The molecule has 2 N–H and O–H groups in total. The maximum Gasteiger partial charge on any atom is 0.321 e. The Bertz CT molecular complexity index is 577. The fourth-order valence-corrected chi connectivity index (χ4v) is 2.78. The summed E-state index contributed by atoms with van der Waals surface area (Å²) in [5, 5.41) is 19.3. The molecule has 2 aromatic heterocycles. The normalized spacial score (nSPS) is 15.8. The van der Waals surface area contributed by atoms with Crippen molar-refractivity contribution in [3.8, 4) is 0 Å². The maximum absolute atomic E-state index is 11.8. The van der Waals surface area contributed by atoms with Gasteiger partial charge in [0, 0.05) is 24.4 Å². The highest BCUT2D eigenvalue weighted by molar-refractivity contribution is 7.15. The third-order valence-electron chi connectivity index (χ3n) is 2.99. The smallest absolute Gasteiger partial charge is 0.321 e. The largest absolute Gasteiger partial charge is 0.333 e. The van der Waals surface area contributed by atoms with Crippen LogP contribution in [0.4, 0.5) is 9.93 Å². The van der Waals surface area contributed by atoms with Crippen molar-refractivity contribution in [1.29, 1.82) is 0 Å². The first-order chi connectivity index (χ1) is 9.70. The fraction of sp³-hybridized carbons (Fsp3) is 0.500. The van der Waals surface area contributed by atoms with Crippen molar-refractivity contribution in [3.63, 3.8) is 0 Å². The van der Waals surface area contributed by atoms with Gasteiger partial charge < -0.3 is 5.32 Å². The highest BCUT2D eigenvalue weighted by Crippen LogP contribution is 2.41. The molecule has 20 heavy (non-hydrogen) atoms. The van der Waals surface area contributed by atoms with Crippen molar-refractivity contribution in [2.75, 3.05) is 5.32 Å². The van der Waals surface area contributed by atoms with Crippen LogP contribution in [0, 0.1) is 0 Å². The Morgan fingerprint density at radius 2 is 2.40 bits per heavy atom. The Balaban J connectivity index is 1.48. The zero-order chi connectivity index (χ0) is 13.9. The summed E-state index contributed by atoms with van der Waals surface area (Å²) in [4.78, 5) is 11.8. The molecule has 0 bridgehead atoms. The van der Waals surface area contributed by atoms with E-state index in [1.165, 1.54) is 24.2 Å². The summed E-state index contributed by atoms with van der Waals surface area (Å²) in [6, 6.07) is 1.57. The molecule has 3 rings (SSSR count). The van der Waals surface area contributed by atoms with Crippen molar-refractivity contribution in [1.82, 2.24) is 25.3 Å². The van der Waals surface area contributed by atoms with Crippen LogP contribution in [-0.2, 0) is 6.54 Å². The zero-order valence-electron chi connectivity index (χ0n) is 11.1. The summed E-state index contributed by atoms with van der Waals surface area (Å²) in [5.74, 6) is 0.560. The minimum atomic E-state index is -0.261. The minimum Gasteiger partial charge on any atom is -0.333 e. The Labute approximate surface area is 120 Å². The summed E-state index contributed by atoms with van der Waals surface area (Å²) < 4.78 is 1.78. The van der Waals surface area contributed by atoms with E-state index in [1.807, 2.05) is 19.2 Å². The van der Waals surface area contributed by atoms with E-state index in [0.29, 0.717) is 17.6 Å². The molecule has 0 saturated heterocycles. The topological polar surface area (TPSA) is 84.7 Å². The number of aromatic nitrogens is 4. The van der Waals surface area contributed by atoms with Gasteiger partial charge in [0.1, 0.15) is 5.01 Å². The first-order valence-electron chi connectivity index (χ1n) is 6.59. The molecule has 1 unspecified atom stereocenters. The number of rotatable bonds is 5. The molecule has 1 saturated carbocycles. The average Bonchev–Trinajstić information content (AvgIpc) is 2.93. The first-order valence-corrected chi connectivity index (χ1v) is 7.40. The number of amides is 2. The van der Waals surface area contributed by atoms with Crippen LogP contribution in [0.2, 0.25) is 0 Å². The van der Waals surface area contributed by atoms with Crippen molar-refractivity contribution in [2.24, 2.45) is 0 Å². The number of hydrogen-bond donors (Lipinski definition) is 2. The van der Waals surface area contributed by atoms with E-state index < -0.39 is 0 Å². The predicted molar refractivity (Wildman–Crippen MR) is 75.7 cm³/mol. The van der Waals surface area contributed by atoms with E-state index in [9.17, 15) is 4.79 Å². The van der Waals surface area contributed by atoms with Crippen LogP contribution in [0.3, 0.4) is 0 Å². The van der Waals surface area contributed by atoms with Crippen LogP contribution >= 0.6 is 11.3 Å². The summed E-state index contributed by atoms with van der Waals surface area (Å²) in [7, 11) is 0. The number of hydrogen-bond acceptors (Lipinski definition) is 5. The van der Waals surface area contributed by atoms with Gasteiger partial charge in [-0.05, 0) is 25.8 Å². The molecular weight excluding hydrogens is 276 g/mol. The third kappa shape index (κ3) is 3.32. The number of carbonyl (C=O) groups is 1. The van der Waals surface area contributed by atoms with Gasteiger partial charge in [-0.15, -0.1) is 10.2 Å². The fourth-order valence-electron chi connectivity index (χ4n) is 1.87. The number of carbonyl (C=O) groups excluding carboxylic acids is 1. The SMILES string of the molecule is CC(Cn1cccn1)NC(=O)Nc1nnc(C2CC2)s1.